The highest BCUT2D eigenvalue weighted by Gasteiger charge is 2.32. The first-order chi connectivity index (χ1) is 13.2. The monoisotopic (exact) mass is 415 g/mol. The lowest BCUT2D eigenvalue weighted by molar-refractivity contribution is -0.138. The van der Waals surface area contributed by atoms with Gasteiger partial charge in [0.15, 0.2) is 0 Å². The molecule has 0 unspecified atom stereocenters. The third-order valence-electron chi connectivity index (χ3n) is 3.58. The number of aryl methyl sites for hydroxylation is 1. The number of carboxylic acids is 1. The Labute approximate surface area is 164 Å². The van der Waals surface area contributed by atoms with E-state index in [4.69, 9.17) is 26.2 Å². The van der Waals surface area contributed by atoms with E-state index in [0.717, 1.165) is 0 Å². The zero-order valence-electron chi connectivity index (χ0n) is 14.6. The number of ether oxygens (including phenoxy) is 2. The summed E-state index contributed by atoms with van der Waals surface area (Å²) in [5, 5.41) is 8.57. The molecule has 1 aromatic heterocycles. The molecule has 0 spiro atoms. The molecule has 1 aromatic carbocycles. The van der Waals surface area contributed by atoms with Gasteiger partial charge in [-0.05, 0) is 30.5 Å². The van der Waals surface area contributed by atoms with E-state index >= 15 is 0 Å². The standard InChI is InChI=1S/C19H17ClF3NO4/c1-2-3-8-27-14-6-4-12(5-7-17(25)26)16(10-14)28-18-15(20)9-13(11-24-18)19(21,22)23/h2,4,6,9-11H,1,3,5,7-8H2,(H,25,26). The molecule has 0 radical (unpaired) electrons. The SMILES string of the molecule is C=CCCOc1ccc(CCC(=O)O)c(Oc2ncc(C(F)(F)F)cc2Cl)c1. The van der Waals surface area contributed by atoms with Gasteiger partial charge < -0.3 is 14.6 Å². The highest BCUT2D eigenvalue weighted by atomic mass is 35.5. The van der Waals surface area contributed by atoms with Crippen LogP contribution < -0.4 is 9.47 Å². The van der Waals surface area contributed by atoms with Crippen LogP contribution in [-0.2, 0) is 17.4 Å². The van der Waals surface area contributed by atoms with Crippen LogP contribution >= 0.6 is 11.6 Å². The predicted molar refractivity (Wildman–Crippen MR) is 97.0 cm³/mol. The molecule has 0 amide bonds. The highest BCUT2D eigenvalue weighted by molar-refractivity contribution is 6.31. The zero-order valence-corrected chi connectivity index (χ0v) is 15.4. The molecule has 150 valence electrons. The quantitative estimate of drug-likeness (QED) is 0.431. The molecule has 0 aliphatic heterocycles. The van der Waals surface area contributed by atoms with Crippen LogP contribution in [0, 0.1) is 0 Å². The maximum atomic E-state index is 12.7. The Morgan fingerprint density at radius 3 is 2.68 bits per heavy atom. The van der Waals surface area contributed by atoms with Crippen molar-refractivity contribution in [2.45, 2.75) is 25.4 Å². The fourth-order valence-electron chi connectivity index (χ4n) is 2.19. The van der Waals surface area contributed by atoms with Gasteiger partial charge in [0.05, 0.1) is 12.2 Å². The normalized spacial score (nSPS) is 11.1. The molecule has 0 saturated heterocycles. The lowest BCUT2D eigenvalue weighted by Crippen LogP contribution is -2.06. The Bertz CT molecular complexity index is 856. The Kier molecular flexibility index (Phi) is 7.28. The van der Waals surface area contributed by atoms with Crippen molar-refractivity contribution in [3.63, 3.8) is 0 Å². The fraction of sp³-hybridized carbons (Fsp3) is 0.263. The molecule has 0 aliphatic rings. The zero-order chi connectivity index (χ0) is 20.7. The lowest BCUT2D eigenvalue weighted by atomic mass is 10.1. The van der Waals surface area contributed by atoms with Crippen LogP contribution in [0.25, 0.3) is 0 Å². The highest BCUT2D eigenvalue weighted by Crippen LogP contribution is 2.36. The molecular formula is C19H17ClF3NO4. The van der Waals surface area contributed by atoms with Crippen LogP contribution in [0.15, 0.2) is 43.1 Å². The van der Waals surface area contributed by atoms with Crippen LogP contribution in [0.3, 0.4) is 0 Å². The number of hydrogen-bond donors (Lipinski definition) is 1. The fourth-order valence-corrected chi connectivity index (χ4v) is 2.39. The summed E-state index contributed by atoms with van der Waals surface area (Å²) in [5.41, 5.74) is -0.478. The number of halogens is 4. The van der Waals surface area contributed by atoms with Crippen molar-refractivity contribution in [1.29, 1.82) is 0 Å². The molecular weight excluding hydrogens is 399 g/mol. The van der Waals surface area contributed by atoms with E-state index in [-0.39, 0.29) is 29.5 Å². The molecule has 0 atom stereocenters. The Morgan fingerprint density at radius 1 is 1.32 bits per heavy atom. The molecule has 9 heteroatoms. The van der Waals surface area contributed by atoms with Crippen LogP contribution in [-0.4, -0.2) is 22.7 Å². The van der Waals surface area contributed by atoms with Gasteiger partial charge in [-0.3, -0.25) is 4.79 Å². The van der Waals surface area contributed by atoms with Crippen molar-refractivity contribution in [3.05, 3.63) is 59.3 Å². The maximum absolute atomic E-state index is 12.7. The summed E-state index contributed by atoms with van der Waals surface area (Å²) in [6.07, 6.45) is -1.67. The number of aromatic nitrogens is 1. The van der Waals surface area contributed by atoms with E-state index in [9.17, 15) is 18.0 Å². The third-order valence-corrected chi connectivity index (χ3v) is 3.85. The number of pyridine rings is 1. The number of benzene rings is 1. The van der Waals surface area contributed by atoms with Gasteiger partial charge >= 0.3 is 12.1 Å². The van der Waals surface area contributed by atoms with Gasteiger partial charge in [-0.25, -0.2) is 4.98 Å². The van der Waals surface area contributed by atoms with Crippen molar-refractivity contribution < 1.29 is 32.5 Å². The van der Waals surface area contributed by atoms with Crippen LogP contribution in [0.2, 0.25) is 5.02 Å². The van der Waals surface area contributed by atoms with Gasteiger partial charge in [0.1, 0.15) is 16.5 Å². The topological polar surface area (TPSA) is 68.7 Å². The third kappa shape index (κ3) is 6.16. The molecule has 2 rings (SSSR count). The second-order valence-electron chi connectivity index (χ2n) is 5.70. The summed E-state index contributed by atoms with van der Waals surface area (Å²) in [7, 11) is 0. The molecule has 0 saturated carbocycles. The second-order valence-corrected chi connectivity index (χ2v) is 6.11. The lowest BCUT2D eigenvalue weighted by Gasteiger charge is -2.14. The van der Waals surface area contributed by atoms with E-state index in [1.165, 1.54) is 6.07 Å². The predicted octanol–water partition coefficient (Wildman–Crippen LogP) is 5.52. The van der Waals surface area contributed by atoms with Gasteiger partial charge in [-0.15, -0.1) is 6.58 Å². The van der Waals surface area contributed by atoms with E-state index < -0.39 is 17.7 Å². The molecule has 5 nitrogen and oxygen atoms in total. The first-order valence-electron chi connectivity index (χ1n) is 8.19. The van der Waals surface area contributed by atoms with Gasteiger partial charge in [0, 0.05) is 18.7 Å². The molecule has 1 heterocycles. The van der Waals surface area contributed by atoms with E-state index in [1.807, 2.05) is 0 Å². The summed E-state index contributed by atoms with van der Waals surface area (Å²) < 4.78 is 49.4. The summed E-state index contributed by atoms with van der Waals surface area (Å²) >= 11 is 5.88. The van der Waals surface area contributed by atoms with Crippen molar-refractivity contribution in [3.8, 4) is 17.4 Å². The summed E-state index contributed by atoms with van der Waals surface area (Å²) in [5.74, 6) is -0.581. The molecule has 0 fully saturated rings. The average molecular weight is 416 g/mol. The smallest absolute Gasteiger partial charge is 0.417 e. The molecule has 2 aromatic rings. The Balaban J connectivity index is 2.30. The van der Waals surface area contributed by atoms with Crippen LogP contribution in [0.1, 0.15) is 24.0 Å². The van der Waals surface area contributed by atoms with E-state index in [0.29, 0.717) is 36.6 Å². The molecule has 1 N–H and O–H groups in total. The van der Waals surface area contributed by atoms with Crippen molar-refractivity contribution in [2.75, 3.05) is 6.61 Å². The van der Waals surface area contributed by atoms with Crippen molar-refractivity contribution >= 4 is 17.6 Å². The summed E-state index contributed by atoms with van der Waals surface area (Å²) in [6, 6.07) is 5.50. The Morgan fingerprint density at radius 2 is 2.07 bits per heavy atom. The number of alkyl halides is 3. The summed E-state index contributed by atoms with van der Waals surface area (Å²) in [6.45, 7) is 3.96. The number of carbonyl (C=O) groups is 1. The van der Waals surface area contributed by atoms with Crippen molar-refractivity contribution in [1.82, 2.24) is 4.98 Å². The Hall–Kier alpha value is -2.74. The molecule has 0 bridgehead atoms. The minimum absolute atomic E-state index is 0.149. The summed E-state index contributed by atoms with van der Waals surface area (Å²) in [4.78, 5) is 14.5. The second kappa shape index (κ2) is 9.45. The van der Waals surface area contributed by atoms with Gasteiger partial charge in [-0.2, -0.15) is 13.2 Å². The van der Waals surface area contributed by atoms with Gasteiger partial charge in [0.2, 0.25) is 5.88 Å². The first kappa shape index (κ1) is 21.6. The van der Waals surface area contributed by atoms with Gasteiger partial charge in [-0.1, -0.05) is 23.7 Å². The minimum atomic E-state index is -4.58. The largest absolute Gasteiger partial charge is 0.493 e. The number of carboxylic acid groups (broad SMARTS) is 1. The maximum Gasteiger partial charge on any atom is 0.417 e. The number of nitrogens with zero attached hydrogens (tertiary/aromatic N) is 1. The minimum Gasteiger partial charge on any atom is -0.493 e. The first-order valence-corrected chi connectivity index (χ1v) is 8.57. The molecule has 0 aliphatic carbocycles. The van der Waals surface area contributed by atoms with E-state index in [1.54, 1.807) is 18.2 Å². The molecule has 28 heavy (non-hydrogen) atoms. The van der Waals surface area contributed by atoms with Crippen LogP contribution in [0.5, 0.6) is 17.4 Å². The van der Waals surface area contributed by atoms with E-state index in [2.05, 4.69) is 11.6 Å². The van der Waals surface area contributed by atoms with Crippen molar-refractivity contribution in [2.24, 2.45) is 0 Å². The van der Waals surface area contributed by atoms with Gasteiger partial charge in [0.25, 0.3) is 0 Å². The number of hydrogen-bond acceptors (Lipinski definition) is 4. The van der Waals surface area contributed by atoms with Crippen LogP contribution in [0.4, 0.5) is 13.2 Å². The number of rotatable bonds is 9. The average Bonchev–Trinajstić information content (AvgIpc) is 2.62. The number of aliphatic carboxylic acids is 1.